The van der Waals surface area contributed by atoms with Crippen molar-refractivity contribution < 1.29 is 24.7 Å². The van der Waals surface area contributed by atoms with Crippen molar-refractivity contribution in [3.63, 3.8) is 0 Å². The average Bonchev–Trinajstić information content (AvgIpc) is 2.67. The van der Waals surface area contributed by atoms with Gasteiger partial charge in [-0.05, 0) is 25.8 Å². The van der Waals surface area contributed by atoms with Gasteiger partial charge < -0.3 is 25.8 Å². The predicted octanol–water partition coefficient (Wildman–Crippen LogP) is -0.524. The van der Waals surface area contributed by atoms with E-state index in [1.54, 1.807) is 0 Å². The van der Waals surface area contributed by atoms with Gasteiger partial charge >= 0.3 is 7.12 Å². The Morgan fingerprint density at radius 1 is 1.14 bits per heavy atom. The molecule has 1 aromatic heterocycles. The molecule has 0 aliphatic carbocycles. The van der Waals surface area contributed by atoms with Gasteiger partial charge in [-0.3, -0.25) is 14.6 Å². The van der Waals surface area contributed by atoms with Crippen LogP contribution >= 0.6 is 0 Å². The molecule has 5 N–H and O–H groups in total. The van der Waals surface area contributed by atoms with Gasteiger partial charge in [0.2, 0.25) is 5.91 Å². The molecule has 2 atom stereocenters. The van der Waals surface area contributed by atoms with E-state index in [1.807, 2.05) is 30.3 Å². The van der Waals surface area contributed by atoms with Gasteiger partial charge in [0.05, 0.1) is 17.7 Å². The predicted molar refractivity (Wildman–Crippen MR) is 106 cm³/mol. The van der Waals surface area contributed by atoms with Crippen LogP contribution in [0.1, 0.15) is 36.3 Å². The number of amides is 2. The molecule has 10 heteroatoms. The third-order valence-electron chi connectivity index (χ3n) is 4.11. The number of aromatic nitrogens is 2. The fourth-order valence-electron chi connectivity index (χ4n) is 2.76. The topological polar surface area (TPSA) is 145 Å². The second kappa shape index (κ2) is 10.1. The van der Waals surface area contributed by atoms with Crippen molar-refractivity contribution in [3.05, 3.63) is 60.2 Å². The van der Waals surface area contributed by atoms with Crippen molar-refractivity contribution in [2.75, 3.05) is 0 Å². The third kappa shape index (κ3) is 7.61. The van der Waals surface area contributed by atoms with Gasteiger partial charge in [-0.1, -0.05) is 30.3 Å². The fraction of sp³-hybridized carbons (Fsp3) is 0.368. The summed E-state index contributed by atoms with van der Waals surface area (Å²) in [5.41, 5.74) is -0.385. The highest BCUT2D eigenvalue weighted by atomic mass is 16.4. The van der Waals surface area contributed by atoms with E-state index in [1.165, 1.54) is 32.4 Å². The number of hydrogen-bond acceptors (Lipinski definition) is 7. The Balaban J connectivity index is 2.18. The van der Waals surface area contributed by atoms with Crippen molar-refractivity contribution in [2.24, 2.45) is 0 Å². The number of rotatable bonds is 9. The van der Waals surface area contributed by atoms with Crippen LogP contribution in [0.4, 0.5) is 0 Å². The summed E-state index contributed by atoms with van der Waals surface area (Å²) in [6.45, 7) is 2.98. The number of carbonyl (C=O) groups excluding carboxylic acids is 2. The lowest BCUT2D eigenvalue weighted by Gasteiger charge is -2.27. The van der Waals surface area contributed by atoms with Crippen molar-refractivity contribution in [2.45, 2.75) is 44.3 Å². The number of benzene rings is 1. The molecule has 0 spiro atoms. The molecule has 154 valence electrons. The molecule has 2 amide bonds. The van der Waals surface area contributed by atoms with Gasteiger partial charge in [0.15, 0.2) is 0 Å². The zero-order valence-electron chi connectivity index (χ0n) is 16.3. The Hall–Kier alpha value is -2.82. The van der Waals surface area contributed by atoms with Gasteiger partial charge in [0.1, 0.15) is 11.7 Å². The maximum absolute atomic E-state index is 12.8. The first-order valence-corrected chi connectivity index (χ1v) is 9.15. The largest absolute Gasteiger partial charge is 0.475 e. The number of carbonyl (C=O) groups is 2. The lowest BCUT2D eigenvalue weighted by Crippen LogP contribution is -2.56. The molecule has 9 nitrogen and oxygen atoms in total. The van der Waals surface area contributed by atoms with E-state index in [2.05, 4.69) is 20.6 Å². The molecule has 0 bridgehead atoms. The van der Waals surface area contributed by atoms with Crippen molar-refractivity contribution in [1.82, 2.24) is 20.6 Å². The summed E-state index contributed by atoms with van der Waals surface area (Å²) < 4.78 is 0. The quantitative estimate of drug-likeness (QED) is 0.356. The highest BCUT2D eigenvalue weighted by molar-refractivity contribution is 6.43. The van der Waals surface area contributed by atoms with Gasteiger partial charge in [-0.2, -0.15) is 0 Å². The van der Waals surface area contributed by atoms with E-state index in [0.717, 1.165) is 5.56 Å². The van der Waals surface area contributed by atoms with Crippen LogP contribution < -0.4 is 10.6 Å². The minimum Gasteiger partial charge on any atom is -0.426 e. The van der Waals surface area contributed by atoms with Crippen LogP contribution in [0.5, 0.6) is 0 Å². The highest BCUT2D eigenvalue weighted by Crippen LogP contribution is 2.12. The van der Waals surface area contributed by atoms with Gasteiger partial charge in [0.25, 0.3) is 5.91 Å². The number of nitrogens with one attached hydrogen (secondary N) is 2. The van der Waals surface area contributed by atoms with Crippen LogP contribution in [-0.4, -0.2) is 61.6 Å². The van der Waals surface area contributed by atoms with Crippen LogP contribution in [0.3, 0.4) is 0 Å². The van der Waals surface area contributed by atoms with Crippen molar-refractivity contribution in [3.8, 4) is 0 Å². The molecule has 0 saturated carbocycles. The minimum atomic E-state index is -1.88. The first-order chi connectivity index (χ1) is 13.7. The van der Waals surface area contributed by atoms with Crippen molar-refractivity contribution >= 4 is 18.9 Å². The molecule has 0 saturated heterocycles. The molecule has 0 radical (unpaired) electrons. The molecule has 1 heterocycles. The monoisotopic (exact) mass is 400 g/mol. The summed E-state index contributed by atoms with van der Waals surface area (Å²) in [5.74, 6) is -2.32. The molecule has 0 aliphatic heterocycles. The lowest BCUT2D eigenvalue weighted by molar-refractivity contribution is -0.123. The maximum atomic E-state index is 12.8. The third-order valence-corrected chi connectivity index (χ3v) is 4.11. The van der Waals surface area contributed by atoms with Gasteiger partial charge in [0, 0.05) is 18.8 Å². The lowest BCUT2D eigenvalue weighted by atomic mass is 9.74. The maximum Gasteiger partial charge on any atom is 0.475 e. The molecule has 0 aliphatic rings. The zero-order valence-corrected chi connectivity index (χ0v) is 16.3. The SMILES string of the molecule is CC(C)(O)C[C@H](NC(=O)[C@H](Cc1ccccc1)NC(=O)c1cnccn1)B(O)O. The number of aliphatic hydroxyl groups is 1. The summed E-state index contributed by atoms with van der Waals surface area (Å²) in [7, 11) is -1.88. The Bertz CT molecular complexity index is 799. The Morgan fingerprint density at radius 3 is 2.38 bits per heavy atom. The number of hydrogen-bond donors (Lipinski definition) is 5. The molecule has 2 rings (SSSR count). The van der Waals surface area contributed by atoms with E-state index in [9.17, 15) is 24.7 Å². The summed E-state index contributed by atoms with van der Waals surface area (Å²) >= 11 is 0. The standard InChI is InChI=1S/C19H25BN4O5/c1-19(2,27)11-16(20(28)29)24-17(25)14(10-13-6-4-3-5-7-13)23-18(26)15-12-21-8-9-22-15/h3-9,12,14,16,27-29H,10-11H2,1-2H3,(H,23,26)(H,24,25)/t14-,16-/m0/s1. The van der Waals surface area contributed by atoms with E-state index in [-0.39, 0.29) is 18.5 Å². The van der Waals surface area contributed by atoms with E-state index in [4.69, 9.17) is 0 Å². The second-order valence-corrected chi connectivity index (χ2v) is 7.35. The molecule has 29 heavy (non-hydrogen) atoms. The Labute approximate surface area is 169 Å². The molecule has 0 unspecified atom stereocenters. The summed E-state index contributed by atoms with van der Waals surface area (Å²) in [6.07, 6.45) is 4.15. The van der Waals surface area contributed by atoms with E-state index in [0.29, 0.717) is 0 Å². The molecule has 0 fully saturated rings. The van der Waals surface area contributed by atoms with Crippen LogP contribution in [0.2, 0.25) is 0 Å². The average molecular weight is 400 g/mol. The smallest absolute Gasteiger partial charge is 0.426 e. The Morgan fingerprint density at radius 2 is 1.83 bits per heavy atom. The van der Waals surface area contributed by atoms with Crippen LogP contribution in [0, 0.1) is 0 Å². The highest BCUT2D eigenvalue weighted by Gasteiger charge is 2.33. The van der Waals surface area contributed by atoms with Crippen LogP contribution in [0.15, 0.2) is 48.9 Å². The summed E-state index contributed by atoms with van der Waals surface area (Å²) in [5, 5.41) is 34.2. The normalized spacial score (nSPS) is 13.3. The van der Waals surface area contributed by atoms with Crippen molar-refractivity contribution in [1.29, 1.82) is 0 Å². The van der Waals surface area contributed by atoms with Crippen LogP contribution in [0.25, 0.3) is 0 Å². The van der Waals surface area contributed by atoms with E-state index >= 15 is 0 Å². The summed E-state index contributed by atoms with van der Waals surface area (Å²) in [6, 6.07) is 8.06. The molecular weight excluding hydrogens is 375 g/mol. The summed E-state index contributed by atoms with van der Waals surface area (Å²) in [4.78, 5) is 33.1. The first kappa shape index (κ1) is 22.5. The minimum absolute atomic E-state index is 0.0496. The zero-order chi connectivity index (χ0) is 21.4. The van der Waals surface area contributed by atoms with E-state index < -0.39 is 36.5 Å². The molecule has 1 aromatic carbocycles. The van der Waals surface area contributed by atoms with Crippen LogP contribution in [-0.2, 0) is 11.2 Å². The number of nitrogens with zero attached hydrogens (tertiary/aromatic N) is 2. The molecule has 2 aromatic rings. The molecular formula is C19H25BN4O5. The Kier molecular flexibility index (Phi) is 7.83. The van der Waals surface area contributed by atoms with Gasteiger partial charge in [-0.15, -0.1) is 0 Å². The fourth-order valence-corrected chi connectivity index (χ4v) is 2.76. The second-order valence-electron chi connectivity index (χ2n) is 7.35. The van der Waals surface area contributed by atoms with Gasteiger partial charge in [-0.25, -0.2) is 4.98 Å². The first-order valence-electron chi connectivity index (χ1n) is 9.15.